The minimum absolute atomic E-state index is 0.233. The van der Waals surface area contributed by atoms with Crippen LogP contribution in [-0.4, -0.2) is 33.4 Å². The maximum absolute atomic E-state index is 6.54. The first-order valence-electron chi connectivity index (χ1n) is 8.43. The first-order valence-corrected chi connectivity index (χ1v) is 11.3. The van der Waals surface area contributed by atoms with Crippen LogP contribution in [0.25, 0.3) is 0 Å². The zero-order chi connectivity index (χ0) is 15.9. The molecule has 1 saturated heterocycles. The first-order chi connectivity index (χ1) is 9.48. The molecule has 1 heterocycles. The molecule has 1 saturated carbocycles. The summed E-state index contributed by atoms with van der Waals surface area (Å²) >= 11 is 0. The van der Waals surface area contributed by atoms with Crippen LogP contribution in [0.5, 0.6) is 0 Å². The van der Waals surface area contributed by atoms with E-state index in [1.54, 1.807) is 0 Å². The molecule has 0 aromatic rings. The Labute approximate surface area is 131 Å². The fourth-order valence-corrected chi connectivity index (χ4v) is 4.09. The largest absolute Gasteiger partial charge is 0.416 e. The molecule has 1 aliphatic heterocycles. The Morgan fingerprint density at radius 3 is 2.24 bits per heavy atom. The van der Waals surface area contributed by atoms with Crippen LogP contribution in [0.15, 0.2) is 0 Å². The lowest BCUT2D eigenvalue weighted by Gasteiger charge is -2.53. The zero-order valence-electron chi connectivity index (χ0n) is 15.0. The Morgan fingerprint density at radius 2 is 1.81 bits per heavy atom. The Hall–Kier alpha value is 0.0969. The van der Waals surface area contributed by atoms with E-state index in [1.807, 2.05) is 13.8 Å². The molecule has 2 rings (SSSR count). The summed E-state index contributed by atoms with van der Waals surface area (Å²) in [4.78, 5) is 0. The van der Waals surface area contributed by atoms with E-state index in [0.717, 1.165) is 19.6 Å². The summed E-state index contributed by atoms with van der Waals surface area (Å²) in [5.74, 6) is -0.442. The summed E-state index contributed by atoms with van der Waals surface area (Å²) in [5.41, 5.74) is 0.233. The Morgan fingerprint density at radius 1 is 1.19 bits per heavy atom. The van der Waals surface area contributed by atoms with Crippen LogP contribution in [0.1, 0.15) is 60.3 Å². The maximum Gasteiger partial charge on any atom is 0.192 e. The van der Waals surface area contributed by atoms with Crippen LogP contribution in [0, 0.1) is 5.41 Å². The van der Waals surface area contributed by atoms with Gasteiger partial charge in [-0.05, 0) is 51.2 Å². The highest BCUT2D eigenvalue weighted by Crippen LogP contribution is 2.50. The Balaban J connectivity index is 2.02. The van der Waals surface area contributed by atoms with E-state index in [1.165, 1.54) is 19.3 Å². The third-order valence-corrected chi connectivity index (χ3v) is 10.3. The second-order valence-corrected chi connectivity index (χ2v) is 13.7. The normalized spacial score (nSPS) is 29.0. The van der Waals surface area contributed by atoms with Crippen LogP contribution >= 0.6 is 0 Å². The smallest absolute Gasteiger partial charge is 0.192 e. The topological polar surface area (TPSA) is 27.7 Å². The molecule has 0 radical (unpaired) electrons. The highest BCUT2D eigenvalue weighted by molar-refractivity contribution is 6.74. The van der Waals surface area contributed by atoms with Gasteiger partial charge in [0, 0.05) is 12.0 Å². The third-order valence-electron chi connectivity index (χ3n) is 5.81. The van der Waals surface area contributed by atoms with Gasteiger partial charge in [-0.2, -0.15) is 0 Å². The molecule has 0 aromatic carbocycles. The molecule has 1 atom stereocenters. The molecule has 124 valence electrons. The summed E-state index contributed by atoms with van der Waals surface area (Å²) in [7, 11) is -1.68. The van der Waals surface area contributed by atoms with Gasteiger partial charge in [0.05, 0.1) is 12.7 Å². The standard InChI is InChI=1S/C17H34O3Si/c1-15(2,3)21(6,7)19-13-17(10-8-11-17)14-9-12-18-16(4,5)20-14/h14H,8-13H2,1-7H3/t14-/m0/s1. The average Bonchev–Trinajstić information content (AvgIpc) is 2.24. The zero-order valence-corrected chi connectivity index (χ0v) is 16.0. The molecule has 2 aliphatic rings. The predicted octanol–water partition coefficient (Wildman–Crippen LogP) is 4.72. The molecular weight excluding hydrogens is 280 g/mol. The first kappa shape index (κ1) is 17.5. The average molecular weight is 315 g/mol. The lowest BCUT2D eigenvalue weighted by Crippen LogP contribution is -2.55. The second-order valence-electron chi connectivity index (χ2n) is 8.91. The van der Waals surface area contributed by atoms with Crippen molar-refractivity contribution in [1.82, 2.24) is 0 Å². The van der Waals surface area contributed by atoms with Gasteiger partial charge in [-0.15, -0.1) is 0 Å². The minimum atomic E-state index is -1.68. The van der Waals surface area contributed by atoms with Crippen LogP contribution in [0.2, 0.25) is 18.1 Å². The third kappa shape index (κ3) is 3.71. The summed E-state index contributed by atoms with van der Waals surface area (Å²) < 4.78 is 18.5. The van der Waals surface area contributed by atoms with E-state index in [2.05, 4.69) is 33.9 Å². The Bertz CT molecular complexity index is 367. The van der Waals surface area contributed by atoms with Gasteiger partial charge in [-0.1, -0.05) is 27.2 Å². The maximum atomic E-state index is 6.54. The molecule has 21 heavy (non-hydrogen) atoms. The lowest BCUT2D eigenvalue weighted by atomic mass is 9.64. The number of ether oxygens (including phenoxy) is 2. The lowest BCUT2D eigenvalue weighted by molar-refractivity contribution is -0.304. The molecule has 0 N–H and O–H groups in total. The highest BCUT2D eigenvalue weighted by Gasteiger charge is 2.50. The van der Waals surface area contributed by atoms with Crippen molar-refractivity contribution in [3.05, 3.63) is 0 Å². The van der Waals surface area contributed by atoms with Crippen LogP contribution in [0.4, 0.5) is 0 Å². The summed E-state index contributed by atoms with van der Waals surface area (Å²) in [6.45, 7) is 17.3. The van der Waals surface area contributed by atoms with Crippen molar-refractivity contribution in [2.75, 3.05) is 13.2 Å². The van der Waals surface area contributed by atoms with Gasteiger partial charge in [-0.3, -0.25) is 0 Å². The van der Waals surface area contributed by atoms with Gasteiger partial charge >= 0.3 is 0 Å². The van der Waals surface area contributed by atoms with Crippen molar-refractivity contribution < 1.29 is 13.9 Å². The molecule has 0 amide bonds. The van der Waals surface area contributed by atoms with Crippen molar-refractivity contribution in [2.45, 2.75) is 90.3 Å². The van der Waals surface area contributed by atoms with E-state index in [9.17, 15) is 0 Å². The minimum Gasteiger partial charge on any atom is -0.416 e. The second kappa shape index (κ2) is 5.62. The SMILES string of the molecule is CC1(C)OCC[C@@H](C2(CO[Si](C)(C)C(C)(C)C)CCC2)O1. The highest BCUT2D eigenvalue weighted by atomic mass is 28.4. The molecule has 1 aliphatic carbocycles. The number of rotatable bonds is 4. The molecule has 4 heteroatoms. The molecule has 0 spiro atoms. The van der Waals surface area contributed by atoms with E-state index < -0.39 is 14.1 Å². The molecule has 2 fully saturated rings. The number of hydrogen-bond acceptors (Lipinski definition) is 3. The van der Waals surface area contributed by atoms with Crippen molar-refractivity contribution in [3.8, 4) is 0 Å². The van der Waals surface area contributed by atoms with Gasteiger partial charge in [-0.25, -0.2) is 0 Å². The van der Waals surface area contributed by atoms with E-state index >= 15 is 0 Å². The van der Waals surface area contributed by atoms with Gasteiger partial charge in [0.25, 0.3) is 0 Å². The predicted molar refractivity (Wildman–Crippen MR) is 89.0 cm³/mol. The fourth-order valence-electron chi connectivity index (χ4n) is 3.01. The van der Waals surface area contributed by atoms with E-state index in [0.29, 0.717) is 6.10 Å². The monoisotopic (exact) mass is 314 g/mol. The summed E-state index contributed by atoms with van der Waals surface area (Å²) in [5, 5.41) is 0.272. The van der Waals surface area contributed by atoms with Crippen molar-refractivity contribution in [3.63, 3.8) is 0 Å². The van der Waals surface area contributed by atoms with Crippen molar-refractivity contribution in [1.29, 1.82) is 0 Å². The van der Waals surface area contributed by atoms with Gasteiger partial charge in [0.2, 0.25) is 0 Å². The number of hydrogen-bond donors (Lipinski definition) is 0. The molecule has 0 unspecified atom stereocenters. The van der Waals surface area contributed by atoms with Crippen LogP contribution in [-0.2, 0) is 13.9 Å². The molecule has 3 nitrogen and oxygen atoms in total. The van der Waals surface area contributed by atoms with Crippen molar-refractivity contribution in [2.24, 2.45) is 5.41 Å². The van der Waals surface area contributed by atoms with E-state index in [-0.39, 0.29) is 10.5 Å². The summed E-state index contributed by atoms with van der Waals surface area (Å²) in [6, 6.07) is 0. The summed E-state index contributed by atoms with van der Waals surface area (Å²) in [6.07, 6.45) is 5.08. The van der Waals surface area contributed by atoms with Crippen molar-refractivity contribution >= 4 is 8.32 Å². The van der Waals surface area contributed by atoms with Gasteiger partial charge in [0.15, 0.2) is 14.1 Å². The molecule has 0 bridgehead atoms. The van der Waals surface area contributed by atoms with E-state index in [4.69, 9.17) is 13.9 Å². The van der Waals surface area contributed by atoms with Crippen LogP contribution in [0.3, 0.4) is 0 Å². The molecular formula is C17H34O3Si. The quantitative estimate of drug-likeness (QED) is 0.703. The van der Waals surface area contributed by atoms with Gasteiger partial charge in [0.1, 0.15) is 0 Å². The Kier molecular flexibility index (Phi) is 4.67. The molecule has 0 aromatic heterocycles. The fraction of sp³-hybridized carbons (Fsp3) is 1.00. The van der Waals surface area contributed by atoms with Crippen LogP contribution < -0.4 is 0 Å². The van der Waals surface area contributed by atoms with Gasteiger partial charge < -0.3 is 13.9 Å².